The highest BCUT2D eigenvalue weighted by Crippen LogP contribution is 2.43. The zero-order valence-electron chi connectivity index (χ0n) is 20.4. The number of ketones is 1. The Kier molecular flexibility index (Phi) is 7.46. The van der Waals surface area contributed by atoms with Gasteiger partial charge in [-0.2, -0.15) is 0 Å². The first-order valence-corrected chi connectivity index (χ1v) is 11.0. The number of para-hydroxylation sites is 1. The first-order chi connectivity index (χ1) is 16.1. The summed E-state index contributed by atoms with van der Waals surface area (Å²) in [5, 5.41) is 11.4. The van der Waals surface area contributed by atoms with Gasteiger partial charge in [0.05, 0.1) is 25.8 Å². The number of benzene rings is 1. The van der Waals surface area contributed by atoms with Crippen LogP contribution in [-0.4, -0.2) is 79.0 Å². The molecule has 0 radical (unpaired) electrons. The lowest BCUT2D eigenvalue weighted by atomic mass is 9.93. The molecule has 34 heavy (non-hydrogen) atoms. The number of Topliss-reactive ketones (excluding diaryl/α,β-unsaturated/α-hetero) is 1. The van der Waals surface area contributed by atoms with Gasteiger partial charge in [0, 0.05) is 23.4 Å². The molecular weight excluding hydrogens is 438 g/mol. The summed E-state index contributed by atoms with van der Waals surface area (Å²) in [6, 6.07) is 6.27. The van der Waals surface area contributed by atoms with Crippen LogP contribution in [0.4, 0.5) is 0 Å². The molecule has 0 spiro atoms. The van der Waals surface area contributed by atoms with Gasteiger partial charge in [-0.25, -0.2) is 4.79 Å². The van der Waals surface area contributed by atoms with Crippen LogP contribution in [0.5, 0.6) is 5.75 Å². The summed E-state index contributed by atoms with van der Waals surface area (Å²) < 4.78 is 10.3. The maximum atomic E-state index is 13.3. The molecule has 1 aliphatic heterocycles. The fourth-order valence-electron chi connectivity index (χ4n) is 4.43. The number of aryl methyl sites for hydroxylation is 1. The van der Waals surface area contributed by atoms with Gasteiger partial charge in [-0.3, -0.25) is 9.59 Å². The fraction of sp³-hybridized carbons (Fsp3) is 0.400. The number of hydrogen-bond donors (Lipinski definition) is 2. The number of ether oxygens (including phenoxy) is 2. The lowest BCUT2D eigenvalue weighted by molar-refractivity contribution is -0.140. The van der Waals surface area contributed by atoms with Crippen molar-refractivity contribution in [1.82, 2.24) is 14.8 Å². The van der Waals surface area contributed by atoms with Crippen molar-refractivity contribution in [2.45, 2.75) is 26.3 Å². The number of rotatable bonds is 8. The van der Waals surface area contributed by atoms with E-state index >= 15 is 0 Å². The fourth-order valence-corrected chi connectivity index (χ4v) is 4.43. The van der Waals surface area contributed by atoms with E-state index in [1.807, 2.05) is 19.0 Å². The number of aromatic nitrogens is 1. The van der Waals surface area contributed by atoms with Crippen LogP contribution in [0.3, 0.4) is 0 Å². The molecule has 0 bridgehead atoms. The molecule has 1 aliphatic rings. The molecule has 2 aromatic rings. The first kappa shape index (κ1) is 25.0. The number of methoxy groups -OCH3 is 2. The van der Waals surface area contributed by atoms with Crippen molar-refractivity contribution in [2.75, 3.05) is 41.4 Å². The van der Waals surface area contributed by atoms with E-state index < -0.39 is 23.7 Å². The van der Waals surface area contributed by atoms with Crippen molar-refractivity contribution in [3.05, 3.63) is 57.9 Å². The van der Waals surface area contributed by atoms with E-state index in [1.165, 1.54) is 19.1 Å². The highest BCUT2D eigenvalue weighted by Gasteiger charge is 2.47. The lowest BCUT2D eigenvalue weighted by Crippen LogP contribution is -2.32. The minimum absolute atomic E-state index is 0.0408. The van der Waals surface area contributed by atoms with E-state index in [4.69, 9.17) is 9.47 Å². The van der Waals surface area contributed by atoms with Crippen molar-refractivity contribution in [3.8, 4) is 5.75 Å². The molecule has 9 heteroatoms. The molecule has 1 unspecified atom stereocenters. The number of likely N-dealkylation sites (tertiary alicyclic amines) is 1. The third kappa shape index (κ3) is 4.43. The Labute approximate surface area is 199 Å². The molecule has 1 saturated heterocycles. The molecular formula is C25H31N3O6. The second-order valence-electron chi connectivity index (χ2n) is 8.51. The van der Waals surface area contributed by atoms with Crippen molar-refractivity contribution in [1.29, 1.82) is 0 Å². The van der Waals surface area contributed by atoms with Gasteiger partial charge in [0.1, 0.15) is 17.2 Å². The van der Waals surface area contributed by atoms with E-state index in [1.54, 1.807) is 38.1 Å². The summed E-state index contributed by atoms with van der Waals surface area (Å²) >= 11 is 0. The monoisotopic (exact) mass is 469 g/mol. The second kappa shape index (κ2) is 10.1. The van der Waals surface area contributed by atoms with E-state index in [0.717, 1.165) is 6.54 Å². The van der Waals surface area contributed by atoms with Crippen LogP contribution in [0.25, 0.3) is 5.76 Å². The molecule has 2 N–H and O–H groups in total. The maximum Gasteiger partial charge on any atom is 0.354 e. The van der Waals surface area contributed by atoms with Gasteiger partial charge in [0.15, 0.2) is 0 Å². The first-order valence-electron chi connectivity index (χ1n) is 11.0. The minimum Gasteiger partial charge on any atom is -0.507 e. The summed E-state index contributed by atoms with van der Waals surface area (Å²) in [5.74, 6) is -1.90. The van der Waals surface area contributed by atoms with Crippen LogP contribution in [0.2, 0.25) is 0 Å². The number of aromatic amines is 1. The van der Waals surface area contributed by atoms with Gasteiger partial charge in [-0.05, 0) is 52.5 Å². The Morgan fingerprint density at radius 3 is 2.47 bits per heavy atom. The van der Waals surface area contributed by atoms with E-state index in [0.29, 0.717) is 41.1 Å². The molecule has 182 valence electrons. The zero-order valence-corrected chi connectivity index (χ0v) is 20.4. The highest BCUT2D eigenvalue weighted by molar-refractivity contribution is 6.46. The normalized spacial score (nSPS) is 17.5. The number of carbonyl (C=O) groups excluding carboxylic acids is 3. The largest absolute Gasteiger partial charge is 0.507 e. The maximum absolute atomic E-state index is 13.3. The smallest absolute Gasteiger partial charge is 0.354 e. The van der Waals surface area contributed by atoms with Crippen molar-refractivity contribution >= 4 is 23.4 Å². The summed E-state index contributed by atoms with van der Waals surface area (Å²) in [5.41, 5.74) is 1.94. The quantitative estimate of drug-likeness (QED) is 0.265. The van der Waals surface area contributed by atoms with Crippen LogP contribution in [0.15, 0.2) is 29.8 Å². The van der Waals surface area contributed by atoms with Crippen LogP contribution >= 0.6 is 0 Å². The number of aliphatic hydroxyl groups excluding tert-OH is 1. The van der Waals surface area contributed by atoms with E-state index in [2.05, 4.69) is 4.98 Å². The van der Waals surface area contributed by atoms with Gasteiger partial charge in [0.2, 0.25) is 0 Å². The third-order valence-corrected chi connectivity index (χ3v) is 6.04. The SMILES string of the molecule is COC(=O)c1[nH]c(C)c(/C(O)=C2/C(=O)C(=O)N(CCCN(C)C)C2c2ccccc2OC)c1C. The second-order valence-corrected chi connectivity index (χ2v) is 8.51. The number of carbonyl (C=O) groups is 3. The average Bonchev–Trinajstić information content (AvgIpc) is 3.25. The van der Waals surface area contributed by atoms with Gasteiger partial charge >= 0.3 is 5.97 Å². The molecule has 9 nitrogen and oxygen atoms in total. The topological polar surface area (TPSA) is 112 Å². The van der Waals surface area contributed by atoms with Crippen LogP contribution in [0.1, 0.15) is 45.3 Å². The van der Waals surface area contributed by atoms with Gasteiger partial charge in [-0.1, -0.05) is 18.2 Å². The number of hydrogen-bond acceptors (Lipinski definition) is 7. The van der Waals surface area contributed by atoms with Crippen LogP contribution < -0.4 is 4.74 Å². The van der Waals surface area contributed by atoms with Crippen molar-refractivity contribution in [3.63, 3.8) is 0 Å². The Morgan fingerprint density at radius 1 is 1.18 bits per heavy atom. The minimum atomic E-state index is -0.839. The lowest BCUT2D eigenvalue weighted by Gasteiger charge is -2.27. The Balaban J connectivity index is 2.22. The number of H-pyrrole nitrogens is 1. The number of nitrogens with one attached hydrogen (secondary N) is 1. The van der Waals surface area contributed by atoms with E-state index in [-0.39, 0.29) is 17.0 Å². The highest BCUT2D eigenvalue weighted by atomic mass is 16.5. The average molecular weight is 470 g/mol. The molecule has 1 aromatic heterocycles. The standard InChI is InChI=1S/C25H31N3O6/c1-14-18(15(2)26-20(14)25(32)34-6)22(29)19-21(16-10-7-8-11-17(16)33-5)28(24(31)23(19)30)13-9-12-27(3)4/h7-8,10-11,21,26,29H,9,12-13H2,1-6H3/b22-19-. The van der Waals surface area contributed by atoms with Crippen molar-refractivity contribution in [2.24, 2.45) is 0 Å². The van der Waals surface area contributed by atoms with Crippen LogP contribution in [-0.2, 0) is 14.3 Å². The zero-order chi connectivity index (χ0) is 25.2. The summed E-state index contributed by atoms with van der Waals surface area (Å²) in [6.07, 6.45) is 0.639. The molecule has 1 atom stereocenters. The summed E-state index contributed by atoms with van der Waals surface area (Å²) in [7, 11) is 6.64. The third-order valence-electron chi connectivity index (χ3n) is 6.04. The molecule has 1 aromatic carbocycles. The molecule has 0 aliphatic carbocycles. The number of esters is 1. The van der Waals surface area contributed by atoms with Crippen LogP contribution in [0, 0.1) is 13.8 Å². The number of nitrogens with zero attached hydrogens (tertiary/aromatic N) is 2. The van der Waals surface area contributed by atoms with Crippen molar-refractivity contribution < 1.29 is 29.0 Å². The van der Waals surface area contributed by atoms with Gasteiger partial charge in [-0.15, -0.1) is 0 Å². The van der Waals surface area contributed by atoms with E-state index in [9.17, 15) is 19.5 Å². The predicted molar refractivity (Wildman–Crippen MR) is 127 cm³/mol. The Morgan fingerprint density at radius 2 is 1.85 bits per heavy atom. The summed E-state index contributed by atoms with van der Waals surface area (Å²) in [4.78, 5) is 45.0. The molecule has 3 rings (SSSR count). The van der Waals surface area contributed by atoms with Gasteiger partial charge < -0.3 is 29.4 Å². The summed E-state index contributed by atoms with van der Waals surface area (Å²) in [6.45, 7) is 4.37. The molecule has 0 saturated carbocycles. The van der Waals surface area contributed by atoms with Gasteiger partial charge in [0.25, 0.3) is 11.7 Å². The number of amides is 1. The molecule has 1 amide bonds. The Bertz CT molecular complexity index is 1150. The predicted octanol–water partition coefficient (Wildman–Crippen LogP) is 2.80. The Hall–Kier alpha value is -3.59. The molecule has 1 fully saturated rings. The number of aliphatic hydroxyl groups is 1. The molecule has 2 heterocycles.